The van der Waals surface area contributed by atoms with Crippen LogP contribution in [0.2, 0.25) is 0 Å². The Hall–Kier alpha value is -1.84. The van der Waals surface area contributed by atoms with E-state index in [9.17, 15) is 4.39 Å². The molecule has 3 nitrogen and oxygen atoms in total. The summed E-state index contributed by atoms with van der Waals surface area (Å²) in [6, 6.07) is 4.54. The van der Waals surface area contributed by atoms with Gasteiger partial charge in [-0.3, -0.25) is 0 Å². The Labute approximate surface area is 93.5 Å². The van der Waals surface area contributed by atoms with Gasteiger partial charge in [-0.1, -0.05) is 0 Å². The van der Waals surface area contributed by atoms with Gasteiger partial charge in [0.05, 0.1) is 7.11 Å². The summed E-state index contributed by atoms with van der Waals surface area (Å²) in [4.78, 5) is 3.07. The van der Waals surface area contributed by atoms with Gasteiger partial charge in [-0.25, -0.2) is 13.9 Å². The second-order valence-corrected chi connectivity index (χ2v) is 3.63. The third kappa shape index (κ3) is 2.05. The topological polar surface area (TPSA) is 28.9 Å². The molecule has 1 N–H and O–H groups in total. The van der Waals surface area contributed by atoms with Crippen molar-refractivity contribution in [2.24, 2.45) is 0 Å². The first-order valence-corrected chi connectivity index (χ1v) is 5.06. The van der Waals surface area contributed by atoms with Crippen LogP contribution in [-0.4, -0.2) is 12.1 Å². The largest absolute Gasteiger partial charge is 0.496 e. The monoisotopic (exact) mass is 221 g/mol. The Morgan fingerprint density at radius 2 is 2.25 bits per heavy atom. The summed E-state index contributed by atoms with van der Waals surface area (Å²) in [5.41, 5.74) is 0.829. The van der Waals surface area contributed by atoms with Crippen LogP contribution in [0, 0.1) is 12.7 Å². The van der Waals surface area contributed by atoms with Crippen molar-refractivity contribution in [1.29, 1.82) is 0 Å². The van der Waals surface area contributed by atoms with E-state index >= 15 is 0 Å². The fourth-order valence-corrected chi connectivity index (χ4v) is 1.67. The van der Waals surface area contributed by atoms with Crippen molar-refractivity contribution in [3.63, 3.8) is 0 Å². The van der Waals surface area contributed by atoms with Crippen molar-refractivity contribution in [2.75, 3.05) is 7.11 Å². The van der Waals surface area contributed by atoms with E-state index in [4.69, 9.17) is 4.74 Å². The molecule has 1 aromatic heterocycles. The van der Waals surface area contributed by atoms with Crippen LogP contribution in [0.25, 0.3) is 0 Å². The molecule has 0 atom stereocenters. The third-order valence-corrected chi connectivity index (χ3v) is 2.56. The van der Waals surface area contributed by atoms with Crippen molar-refractivity contribution in [2.45, 2.75) is 13.5 Å². The summed E-state index contributed by atoms with van der Waals surface area (Å²) < 4.78 is 20.3. The second kappa shape index (κ2) is 4.35. The molecule has 2 rings (SSSR count). The van der Waals surface area contributed by atoms with Crippen molar-refractivity contribution in [1.82, 2.24) is 4.98 Å². The third-order valence-electron chi connectivity index (χ3n) is 2.56. The van der Waals surface area contributed by atoms with Gasteiger partial charge in [0.2, 0.25) is 0 Å². The van der Waals surface area contributed by atoms with Crippen LogP contribution in [0.5, 0.6) is 5.75 Å². The zero-order chi connectivity index (χ0) is 11.5. The zero-order valence-corrected chi connectivity index (χ0v) is 9.33. The number of benzene rings is 1. The minimum atomic E-state index is -0.246. The molecule has 0 fully saturated rings. The number of H-pyrrole nitrogens is 1. The predicted octanol–water partition coefficient (Wildman–Crippen LogP) is 1.81. The lowest BCUT2D eigenvalue weighted by Crippen LogP contribution is -2.35. The van der Waals surface area contributed by atoms with Crippen molar-refractivity contribution in [3.8, 4) is 5.75 Å². The van der Waals surface area contributed by atoms with Gasteiger partial charge in [-0.05, 0) is 18.2 Å². The molecule has 0 spiro atoms. The van der Waals surface area contributed by atoms with Gasteiger partial charge in [0.1, 0.15) is 30.5 Å². The number of nitrogens with one attached hydrogen (secondary N) is 1. The number of imidazole rings is 1. The molecule has 84 valence electrons. The van der Waals surface area contributed by atoms with E-state index in [0.717, 1.165) is 11.4 Å². The minimum absolute atomic E-state index is 0.246. The van der Waals surface area contributed by atoms with Crippen LogP contribution >= 0.6 is 0 Å². The normalized spacial score (nSPS) is 10.4. The highest BCUT2D eigenvalue weighted by atomic mass is 19.1. The molecule has 2 aromatic rings. The van der Waals surface area contributed by atoms with E-state index in [1.807, 2.05) is 23.9 Å². The lowest BCUT2D eigenvalue weighted by molar-refractivity contribution is -0.693. The van der Waals surface area contributed by atoms with E-state index < -0.39 is 0 Å². The van der Waals surface area contributed by atoms with Crippen LogP contribution in [0.3, 0.4) is 0 Å². The second-order valence-electron chi connectivity index (χ2n) is 3.63. The Bertz CT molecular complexity index is 494. The van der Waals surface area contributed by atoms with Crippen LogP contribution < -0.4 is 9.30 Å². The van der Waals surface area contributed by atoms with E-state index in [1.165, 1.54) is 12.1 Å². The van der Waals surface area contributed by atoms with Gasteiger partial charge in [0.25, 0.3) is 5.82 Å². The highest BCUT2D eigenvalue weighted by molar-refractivity contribution is 5.33. The zero-order valence-electron chi connectivity index (χ0n) is 9.33. The number of aryl methyl sites for hydroxylation is 1. The van der Waals surface area contributed by atoms with Crippen LogP contribution in [0.1, 0.15) is 11.4 Å². The molecule has 16 heavy (non-hydrogen) atoms. The molecule has 0 aliphatic carbocycles. The van der Waals surface area contributed by atoms with Crippen molar-refractivity contribution < 1.29 is 13.7 Å². The maximum absolute atomic E-state index is 13.1. The maximum Gasteiger partial charge on any atom is 0.251 e. The highest BCUT2D eigenvalue weighted by Crippen LogP contribution is 2.18. The number of methoxy groups -OCH3 is 1. The molecule has 0 saturated heterocycles. The summed E-state index contributed by atoms with van der Waals surface area (Å²) in [7, 11) is 1.59. The van der Waals surface area contributed by atoms with E-state index in [0.29, 0.717) is 12.3 Å². The molecule has 1 aromatic carbocycles. The highest BCUT2D eigenvalue weighted by Gasteiger charge is 2.10. The smallest absolute Gasteiger partial charge is 0.251 e. The molecular weight excluding hydrogens is 207 g/mol. The summed E-state index contributed by atoms with van der Waals surface area (Å²) in [5.74, 6) is 1.48. The Morgan fingerprint density at radius 3 is 2.88 bits per heavy atom. The number of rotatable bonds is 3. The molecular formula is C12H14FN2O+. The van der Waals surface area contributed by atoms with Gasteiger partial charge in [-0.15, -0.1) is 0 Å². The number of nitrogens with zero attached hydrogens (tertiary/aromatic N) is 1. The fraction of sp³-hybridized carbons (Fsp3) is 0.250. The maximum atomic E-state index is 13.1. The average Bonchev–Trinajstić information content (AvgIpc) is 2.65. The Balaban J connectivity index is 2.33. The molecule has 0 radical (unpaired) electrons. The molecule has 0 bridgehead atoms. The lowest BCUT2D eigenvalue weighted by Gasteiger charge is -2.06. The van der Waals surface area contributed by atoms with Crippen LogP contribution in [0.4, 0.5) is 4.39 Å². The van der Waals surface area contributed by atoms with Crippen molar-refractivity contribution >= 4 is 0 Å². The predicted molar refractivity (Wildman–Crippen MR) is 57.8 cm³/mol. The SMILES string of the molecule is COc1ccc(F)cc1C[n+]1cc[nH]c1C. The average molecular weight is 221 g/mol. The lowest BCUT2D eigenvalue weighted by atomic mass is 10.2. The number of aromatic amines is 1. The summed E-state index contributed by atoms with van der Waals surface area (Å²) in [5, 5.41) is 0. The first kappa shape index (κ1) is 10.7. The standard InChI is InChI=1S/C12H13FN2O/c1-9-14-5-6-15(9)8-10-7-11(13)3-4-12(10)16-2/h3-7H,8H2,1-2H3/p+1. The van der Waals surface area contributed by atoms with Gasteiger partial charge >= 0.3 is 0 Å². The number of halogens is 1. The first-order chi connectivity index (χ1) is 7.70. The van der Waals surface area contributed by atoms with E-state index in [-0.39, 0.29) is 5.82 Å². The molecule has 0 aliphatic rings. The molecule has 4 heteroatoms. The number of hydrogen-bond acceptors (Lipinski definition) is 1. The van der Waals surface area contributed by atoms with Gasteiger partial charge in [-0.2, -0.15) is 0 Å². The molecule has 0 unspecified atom stereocenters. The molecule has 0 aliphatic heterocycles. The number of ether oxygens (including phenoxy) is 1. The van der Waals surface area contributed by atoms with Gasteiger partial charge in [0.15, 0.2) is 0 Å². The number of aromatic nitrogens is 2. The quantitative estimate of drug-likeness (QED) is 0.787. The van der Waals surface area contributed by atoms with E-state index in [1.54, 1.807) is 13.2 Å². The van der Waals surface area contributed by atoms with Crippen LogP contribution in [0.15, 0.2) is 30.6 Å². The summed E-state index contributed by atoms with van der Waals surface area (Å²) in [6.45, 7) is 2.56. The van der Waals surface area contributed by atoms with Crippen LogP contribution in [-0.2, 0) is 6.54 Å². The van der Waals surface area contributed by atoms with E-state index in [2.05, 4.69) is 4.98 Å². The number of hydrogen-bond donors (Lipinski definition) is 1. The van der Waals surface area contributed by atoms with Crippen molar-refractivity contribution in [3.05, 3.63) is 47.8 Å². The van der Waals surface area contributed by atoms with Gasteiger partial charge in [0, 0.05) is 12.5 Å². The molecule has 0 saturated carbocycles. The minimum Gasteiger partial charge on any atom is -0.496 e. The van der Waals surface area contributed by atoms with Gasteiger partial charge < -0.3 is 4.74 Å². The molecule has 0 amide bonds. The Morgan fingerprint density at radius 1 is 1.44 bits per heavy atom. The summed E-state index contributed by atoms with van der Waals surface area (Å²) >= 11 is 0. The summed E-state index contributed by atoms with van der Waals surface area (Å²) in [6.07, 6.45) is 3.76. The first-order valence-electron chi connectivity index (χ1n) is 5.06. The molecule has 1 heterocycles. The Kier molecular flexibility index (Phi) is 2.90. The fourth-order valence-electron chi connectivity index (χ4n) is 1.67.